The lowest BCUT2D eigenvalue weighted by atomic mass is 9.89. The molecule has 14 heteroatoms. The van der Waals surface area contributed by atoms with Crippen LogP contribution in [0.3, 0.4) is 0 Å². The molecule has 5 rings (SSSR count). The number of halogens is 4. The van der Waals surface area contributed by atoms with Crippen molar-refractivity contribution in [2.45, 2.75) is 31.1 Å². The van der Waals surface area contributed by atoms with Crippen LogP contribution in [0.25, 0.3) is 17.0 Å². The minimum Gasteiger partial charge on any atom is -0.465 e. The quantitative estimate of drug-likeness (QED) is 0.357. The van der Waals surface area contributed by atoms with Crippen LogP contribution in [-0.2, 0) is 22.3 Å². The van der Waals surface area contributed by atoms with Crippen molar-refractivity contribution >= 4 is 57.6 Å². The number of hydrogen-bond acceptors (Lipinski definition) is 6. The van der Waals surface area contributed by atoms with Crippen LogP contribution >= 0.6 is 23.4 Å². The molecule has 0 atom stereocenters. The second-order valence-electron chi connectivity index (χ2n) is 9.51. The summed E-state index contributed by atoms with van der Waals surface area (Å²) in [4.78, 5) is 38.4. The number of ether oxygens (including phenoxy) is 1. The fourth-order valence-electron chi connectivity index (χ4n) is 4.84. The number of thioether (sulfide) groups is 1. The number of imide groups is 1. The van der Waals surface area contributed by atoms with Gasteiger partial charge in [-0.15, -0.1) is 0 Å². The molecule has 3 amide bonds. The van der Waals surface area contributed by atoms with E-state index >= 15 is 0 Å². The van der Waals surface area contributed by atoms with Gasteiger partial charge in [0.1, 0.15) is 0 Å². The van der Waals surface area contributed by atoms with Gasteiger partial charge in [0.15, 0.2) is 0 Å². The largest absolute Gasteiger partial charge is 0.465 e. The van der Waals surface area contributed by atoms with E-state index in [0.29, 0.717) is 42.5 Å². The summed E-state index contributed by atoms with van der Waals surface area (Å²) in [6.45, 7) is 0.358. The number of rotatable bonds is 6. The summed E-state index contributed by atoms with van der Waals surface area (Å²) in [5, 5.41) is 16.1. The molecule has 9 nitrogen and oxygen atoms in total. The molecule has 2 aliphatic rings. The number of nitrogens with zero attached hydrogens (tertiary/aromatic N) is 3. The van der Waals surface area contributed by atoms with E-state index < -0.39 is 34.5 Å². The third-order valence-corrected chi connectivity index (χ3v) is 7.96. The lowest BCUT2D eigenvalue weighted by Crippen LogP contribution is -2.58. The van der Waals surface area contributed by atoms with E-state index in [1.165, 1.54) is 23.0 Å². The van der Waals surface area contributed by atoms with Crippen molar-refractivity contribution in [1.29, 1.82) is 0 Å². The van der Waals surface area contributed by atoms with Crippen LogP contribution in [0, 0.1) is 0 Å². The molecule has 40 heavy (non-hydrogen) atoms. The molecule has 2 aromatic carbocycles. The summed E-state index contributed by atoms with van der Waals surface area (Å²) in [6, 6.07) is 8.66. The highest BCUT2D eigenvalue weighted by atomic mass is 35.5. The van der Waals surface area contributed by atoms with Gasteiger partial charge < -0.3 is 15.2 Å². The summed E-state index contributed by atoms with van der Waals surface area (Å²) >= 11 is 6.54. The fourth-order valence-corrected chi connectivity index (χ4v) is 5.85. The molecule has 0 radical (unpaired) electrons. The Hall–Kier alpha value is -3.55. The molecule has 2 N–H and O–H groups in total. The number of carbonyl (C=O) groups excluding carboxylic acids is 2. The minimum absolute atomic E-state index is 0.0133. The maximum Gasteiger partial charge on any atom is 0.416 e. The highest BCUT2D eigenvalue weighted by Crippen LogP contribution is 2.36. The first-order valence-corrected chi connectivity index (χ1v) is 13.3. The van der Waals surface area contributed by atoms with E-state index in [2.05, 4.69) is 10.4 Å². The van der Waals surface area contributed by atoms with Gasteiger partial charge in [0, 0.05) is 23.6 Å². The number of carbonyl (C=O) groups is 3. The van der Waals surface area contributed by atoms with Gasteiger partial charge in [0.05, 0.1) is 40.8 Å². The topological polar surface area (TPSA) is 114 Å². The molecule has 0 unspecified atom stereocenters. The minimum atomic E-state index is -4.58. The van der Waals surface area contributed by atoms with Crippen molar-refractivity contribution < 1.29 is 37.4 Å². The number of alkyl halides is 3. The molecule has 0 bridgehead atoms. The molecule has 1 aromatic heterocycles. The molecular formula is C26H22ClF3N4O5S. The van der Waals surface area contributed by atoms with Crippen LogP contribution in [0.1, 0.15) is 29.5 Å². The molecule has 2 aliphatic heterocycles. The molecule has 0 spiro atoms. The van der Waals surface area contributed by atoms with E-state index in [1.54, 1.807) is 24.3 Å². The molecule has 3 aromatic rings. The van der Waals surface area contributed by atoms with Crippen LogP contribution in [0.4, 0.5) is 22.8 Å². The molecule has 3 heterocycles. The Labute approximate surface area is 234 Å². The second-order valence-corrected chi connectivity index (χ2v) is 10.9. The Kier molecular flexibility index (Phi) is 7.55. The van der Waals surface area contributed by atoms with Crippen molar-refractivity contribution in [3.05, 3.63) is 69.2 Å². The fraction of sp³-hybridized carbons (Fsp3) is 0.308. The number of benzene rings is 2. The van der Waals surface area contributed by atoms with Crippen molar-refractivity contribution in [3.8, 4) is 0 Å². The number of hydrogen-bond donors (Lipinski definition) is 2. The number of aromatic nitrogens is 2. The molecule has 2 saturated heterocycles. The van der Waals surface area contributed by atoms with E-state index in [0.717, 1.165) is 22.7 Å². The van der Waals surface area contributed by atoms with Crippen molar-refractivity contribution in [2.24, 2.45) is 0 Å². The first-order chi connectivity index (χ1) is 18.9. The van der Waals surface area contributed by atoms with Gasteiger partial charge in [0.25, 0.3) is 11.1 Å². The predicted molar refractivity (Wildman–Crippen MR) is 142 cm³/mol. The van der Waals surface area contributed by atoms with Gasteiger partial charge in [-0.25, -0.2) is 4.79 Å². The van der Waals surface area contributed by atoms with Crippen molar-refractivity contribution in [1.82, 2.24) is 20.0 Å². The number of amides is 3. The van der Waals surface area contributed by atoms with Crippen molar-refractivity contribution in [2.75, 3.05) is 19.8 Å². The smallest absolute Gasteiger partial charge is 0.416 e. The van der Waals surface area contributed by atoms with E-state index in [1.807, 2.05) is 0 Å². The van der Waals surface area contributed by atoms with Crippen LogP contribution < -0.4 is 5.32 Å². The van der Waals surface area contributed by atoms with Crippen LogP contribution in [0.15, 0.2) is 47.5 Å². The van der Waals surface area contributed by atoms with Gasteiger partial charge in [-0.3, -0.25) is 19.2 Å². The molecule has 210 valence electrons. The Balaban J connectivity index is 1.36. The average Bonchev–Trinajstić information content (AvgIpc) is 3.39. The maximum absolute atomic E-state index is 13.5. The normalized spacial score (nSPS) is 18.6. The Morgan fingerprint density at radius 1 is 1.20 bits per heavy atom. The van der Waals surface area contributed by atoms with Gasteiger partial charge in [-0.05, 0) is 66.1 Å². The zero-order chi connectivity index (χ0) is 28.7. The standard InChI is InChI=1S/C26H22ClF3N4O5S/c27-18-3-2-16(19(11-18)26(28,29)30)13-34-20-4-1-15(9-17(20)12-31-34)10-21-22(35)33(24(38)40-21)14-25(32-23(36)37)5-7-39-8-6-25/h1-4,9-12,32H,5-8,13-14H2,(H,36,37)/b21-10-. The van der Waals surface area contributed by atoms with E-state index in [9.17, 15) is 32.7 Å². The monoisotopic (exact) mass is 594 g/mol. The Bertz CT molecular complexity index is 1530. The van der Waals surface area contributed by atoms with Gasteiger partial charge in [-0.1, -0.05) is 23.7 Å². The summed E-state index contributed by atoms with van der Waals surface area (Å²) in [5.41, 5.74) is -0.648. The van der Waals surface area contributed by atoms with E-state index in [4.69, 9.17) is 16.3 Å². The van der Waals surface area contributed by atoms with E-state index in [-0.39, 0.29) is 28.6 Å². The van der Waals surface area contributed by atoms with Gasteiger partial charge in [-0.2, -0.15) is 18.3 Å². The van der Waals surface area contributed by atoms with Crippen LogP contribution in [-0.4, -0.2) is 62.3 Å². The Morgan fingerprint density at radius 3 is 2.65 bits per heavy atom. The highest BCUT2D eigenvalue weighted by Gasteiger charge is 2.43. The summed E-state index contributed by atoms with van der Waals surface area (Å²) < 4.78 is 47.3. The third kappa shape index (κ3) is 5.81. The molecular weight excluding hydrogens is 573 g/mol. The lowest BCUT2D eigenvalue weighted by molar-refractivity contribution is -0.138. The first-order valence-electron chi connectivity index (χ1n) is 12.1. The summed E-state index contributed by atoms with van der Waals surface area (Å²) in [6.07, 6.45) is -2.13. The summed E-state index contributed by atoms with van der Waals surface area (Å²) in [7, 11) is 0. The van der Waals surface area contributed by atoms with Crippen molar-refractivity contribution in [3.63, 3.8) is 0 Å². The second kappa shape index (κ2) is 10.8. The predicted octanol–water partition coefficient (Wildman–Crippen LogP) is 5.61. The number of fused-ring (bicyclic) bond motifs is 1. The number of nitrogens with one attached hydrogen (secondary N) is 1. The third-order valence-electron chi connectivity index (χ3n) is 6.82. The highest BCUT2D eigenvalue weighted by molar-refractivity contribution is 8.18. The zero-order valence-corrected chi connectivity index (χ0v) is 22.3. The average molecular weight is 595 g/mol. The summed E-state index contributed by atoms with van der Waals surface area (Å²) in [5.74, 6) is -0.536. The molecule has 0 saturated carbocycles. The van der Waals surface area contributed by atoms with Gasteiger partial charge in [0.2, 0.25) is 0 Å². The maximum atomic E-state index is 13.5. The SMILES string of the molecule is O=C(O)NC1(CN2C(=O)S/C(=C\c3ccc4c(cnn4Cc4ccc(Cl)cc4C(F)(F)F)c3)C2=O)CCOCC1. The molecule has 2 fully saturated rings. The number of carboxylic acid groups (broad SMARTS) is 1. The van der Waals surface area contributed by atoms with Crippen LogP contribution in [0.5, 0.6) is 0 Å². The molecule has 0 aliphatic carbocycles. The zero-order valence-electron chi connectivity index (χ0n) is 20.7. The lowest BCUT2D eigenvalue weighted by Gasteiger charge is -2.38. The first kappa shape index (κ1) is 28.0. The Morgan fingerprint density at radius 2 is 1.95 bits per heavy atom. The van der Waals surface area contributed by atoms with Crippen LogP contribution in [0.2, 0.25) is 5.02 Å². The van der Waals surface area contributed by atoms with Gasteiger partial charge >= 0.3 is 12.3 Å².